The van der Waals surface area contributed by atoms with Gasteiger partial charge in [-0.1, -0.05) is 6.42 Å². The fourth-order valence-electron chi connectivity index (χ4n) is 4.78. The minimum Gasteiger partial charge on any atom is -0.363 e. The van der Waals surface area contributed by atoms with Crippen molar-refractivity contribution in [1.29, 1.82) is 0 Å². The number of aromatic nitrogens is 2. The first-order valence-corrected chi connectivity index (χ1v) is 9.65. The van der Waals surface area contributed by atoms with Crippen molar-refractivity contribution >= 4 is 17.5 Å². The summed E-state index contributed by atoms with van der Waals surface area (Å²) in [6, 6.07) is 2.03. The molecule has 3 aliphatic rings. The summed E-state index contributed by atoms with van der Waals surface area (Å²) in [5, 5.41) is 0. The predicted molar refractivity (Wildman–Crippen MR) is 98.7 cm³/mol. The van der Waals surface area contributed by atoms with Crippen LogP contribution in [0.4, 0.5) is 11.6 Å². The molecular weight excluding hydrogens is 314 g/mol. The van der Waals surface area contributed by atoms with Crippen molar-refractivity contribution in [2.24, 2.45) is 17.8 Å². The summed E-state index contributed by atoms with van der Waals surface area (Å²) in [4.78, 5) is 28.1. The summed E-state index contributed by atoms with van der Waals surface area (Å²) in [7, 11) is 3.98. The number of fused-ring (bicyclic) bond motifs is 1. The molecule has 1 aliphatic carbocycles. The van der Waals surface area contributed by atoms with E-state index >= 15 is 0 Å². The Labute approximate surface area is 150 Å². The van der Waals surface area contributed by atoms with Crippen LogP contribution in [0.25, 0.3) is 0 Å². The van der Waals surface area contributed by atoms with Gasteiger partial charge in [0, 0.05) is 52.3 Å². The van der Waals surface area contributed by atoms with Gasteiger partial charge in [-0.15, -0.1) is 0 Å². The maximum Gasteiger partial charge on any atom is 0.225 e. The van der Waals surface area contributed by atoms with E-state index in [-0.39, 0.29) is 5.92 Å². The van der Waals surface area contributed by atoms with Crippen LogP contribution < -0.4 is 9.80 Å². The lowest BCUT2D eigenvalue weighted by Gasteiger charge is -2.34. The summed E-state index contributed by atoms with van der Waals surface area (Å²) >= 11 is 0. The van der Waals surface area contributed by atoms with E-state index in [9.17, 15) is 4.79 Å². The molecule has 4 rings (SSSR count). The molecule has 3 heterocycles. The summed E-state index contributed by atoms with van der Waals surface area (Å²) in [5.41, 5.74) is 0. The summed E-state index contributed by atoms with van der Waals surface area (Å²) < 4.78 is 0. The van der Waals surface area contributed by atoms with E-state index < -0.39 is 0 Å². The van der Waals surface area contributed by atoms with E-state index in [1.165, 1.54) is 19.3 Å². The standard InChI is InChI=1S/C19H29N5O/c1-22(2)17-10-18(21-13-20-17)23-8-6-14(7-9-23)19(25)24-11-15-4-3-5-16(15)12-24/h10,13-16H,3-9,11-12H2,1-2H3. The monoisotopic (exact) mass is 343 g/mol. The van der Waals surface area contributed by atoms with Gasteiger partial charge in [-0.05, 0) is 37.5 Å². The summed E-state index contributed by atoms with van der Waals surface area (Å²) in [5.74, 6) is 4.08. The van der Waals surface area contributed by atoms with Gasteiger partial charge in [-0.25, -0.2) is 9.97 Å². The lowest BCUT2D eigenvalue weighted by molar-refractivity contribution is -0.135. The Morgan fingerprint density at radius 1 is 1.08 bits per heavy atom. The number of hydrogen-bond acceptors (Lipinski definition) is 5. The molecular formula is C19H29N5O. The molecule has 1 amide bonds. The van der Waals surface area contributed by atoms with Crippen LogP contribution in [0, 0.1) is 17.8 Å². The number of hydrogen-bond donors (Lipinski definition) is 0. The van der Waals surface area contributed by atoms with Crippen LogP contribution in [-0.2, 0) is 4.79 Å². The number of piperidine rings is 1. The van der Waals surface area contributed by atoms with Crippen molar-refractivity contribution in [2.45, 2.75) is 32.1 Å². The van der Waals surface area contributed by atoms with Gasteiger partial charge in [0.15, 0.2) is 0 Å². The predicted octanol–water partition coefficient (Wildman–Crippen LogP) is 2.02. The number of likely N-dealkylation sites (tertiary alicyclic amines) is 1. The van der Waals surface area contributed by atoms with Crippen molar-refractivity contribution in [1.82, 2.24) is 14.9 Å². The van der Waals surface area contributed by atoms with Gasteiger partial charge in [0.25, 0.3) is 0 Å². The van der Waals surface area contributed by atoms with Gasteiger partial charge >= 0.3 is 0 Å². The SMILES string of the molecule is CN(C)c1cc(N2CCC(C(=O)N3CC4CCCC4C3)CC2)ncn1. The number of carbonyl (C=O) groups is 1. The van der Waals surface area contributed by atoms with Gasteiger partial charge in [0.05, 0.1) is 0 Å². The van der Waals surface area contributed by atoms with E-state index in [1.807, 2.05) is 25.1 Å². The molecule has 6 nitrogen and oxygen atoms in total. The zero-order valence-corrected chi connectivity index (χ0v) is 15.4. The maximum atomic E-state index is 12.9. The molecule has 0 bridgehead atoms. The molecule has 3 fully saturated rings. The quantitative estimate of drug-likeness (QED) is 0.840. The topological polar surface area (TPSA) is 52.6 Å². The van der Waals surface area contributed by atoms with E-state index in [1.54, 1.807) is 6.33 Å². The maximum absolute atomic E-state index is 12.9. The van der Waals surface area contributed by atoms with Crippen molar-refractivity contribution in [2.75, 3.05) is 50.1 Å². The van der Waals surface area contributed by atoms with Gasteiger partial charge in [0.2, 0.25) is 5.91 Å². The highest BCUT2D eigenvalue weighted by atomic mass is 16.2. The molecule has 0 aromatic carbocycles. The van der Waals surface area contributed by atoms with E-state index in [0.717, 1.165) is 62.5 Å². The summed E-state index contributed by atoms with van der Waals surface area (Å²) in [6.07, 6.45) is 7.52. The highest BCUT2D eigenvalue weighted by Crippen LogP contribution is 2.38. The number of anilines is 2. The summed E-state index contributed by atoms with van der Waals surface area (Å²) in [6.45, 7) is 3.84. The van der Waals surface area contributed by atoms with Crippen molar-refractivity contribution < 1.29 is 4.79 Å². The molecule has 1 aromatic rings. The lowest BCUT2D eigenvalue weighted by Crippen LogP contribution is -2.42. The molecule has 1 saturated carbocycles. The molecule has 0 N–H and O–H groups in total. The Morgan fingerprint density at radius 3 is 2.40 bits per heavy atom. The smallest absolute Gasteiger partial charge is 0.225 e. The highest BCUT2D eigenvalue weighted by Gasteiger charge is 2.40. The lowest BCUT2D eigenvalue weighted by atomic mass is 9.95. The average molecular weight is 343 g/mol. The largest absolute Gasteiger partial charge is 0.363 e. The zero-order valence-electron chi connectivity index (χ0n) is 15.4. The molecule has 136 valence electrons. The molecule has 2 unspecified atom stereocenters. The second kappa shape index (κ2) is 6.81. The normalized spacial score (nSPS) is 26.8. The van der Waals surface area contributed by atoms with Crippen LogP contribution in [0.3, 0.4) is 0 Å². The fraction of sp³-hybridized carbons (Fsp3) is 0.737. The number of nitrogens with zero attached hydrogens (tertiary/aromatic N) is 5. The zero-order chi connectivity index (χ0) is 17.4. The van der Waals surface area contributed by atoms with Crippen LogP contribution in [-0.4, -0.2) is 61.0 Å². The Kier molecular flexibility index (Phi) is 4.52. The van der Waals surface area contributed by atoms with Crippen LogP contribution in [0.1, 0.15) is 32.1 Å². The van der Waals surface area contributed by atoms with E-state index in [2.05, 4.69) is 19.8 Å². The molecule has 6 heteroatoms. The number of carbonyl (C=O) groups excluding carboxylic acids is 1. The second-order valence-electron chi connectivity index (χ2n) is 8.08. The Hall–Kier alpha value is -1.85. The van der Waals surface area contributed by atoms with Gasteiger partial charge in [-0.3, -0.25) is 4.79 Å². The molecule has 2 saturated heterocycles. The van der Waals surface area contributed by atoms with Gasteiger partial charge < -0.3 is 14.7 Å². The van der Waals surface area contributed by atoms with Crippen molar-refractivity contribution in [3.8, 4) is 0 Å². The third-order valence-electron chi connectivity index (χ3n) is 6.30. The molecule has 0 spiro atoms. The number of amides is 1. The Balaban J connectivity index is 1.34. The Morgan fingerprint density at radius 2 is 1.76 bits per heavy atom. The van der Waals surface area contributed by atoms with Crippen LogP contribution in [0.5, 0.6) is 0 Å². The van der Waals surface area contributed by atoms with Gasteiger partial charge in [-0.2, -0.15) is 0 Å². The fourth-order valence-corrected chi connectivity index (χ4v) is 4.78. The third-order valence-corrected chi connectivity index (χ3v) is 6.30. The Bertz CT molecular complexity index is 614. The molecule has 2 atom stereocenters. The first-order chi connectivity index (χ1) is 12.1. The van der Waals surface area contributed by atoms with Crippen LogP contribution >= 0.6 is 0 Å². The highest BCUT2D eigenvalue weighted by molar-refractivity contribution is 5.79. The van der Waals surface area contributed by atoms with Crippen molar-refractivity contribution in [3.63, 3.8) is 0 Å². The van der Waals surface area contributed by atoms with E-state index in [4.69, 9.17) is 0 Å². The molecule has 0 radical (unpaired) electrons. The number of rotatable bonds is 3. The van der Waals surface area contributed by atoms with Crippen molar-refractivity contribution in [3.05, 3.63) is 12.4 Å². The average Bonchev–Trinajstić information content (AvgIpc) is 3.23. The molecule has 1 aromatic heterocycles. The molecule has 2 aliphatic heterocycles. The second-order valence-corrected chi connectivity index (χ2v) is 8.08. The molecule has 25 heavy (non-hydrogen) atoms. The van der Waals surface area contributed by atoms with E-state index in [0.29, 0.717) is 5.91 Å². The van der Waals surface area contributed by atoms with Crippen LogP contribution in [0.2, 0.25) is 0 Å². The minimum absolute atomic E-state index is 0.199. The third kappa shape index (κ3) is 3.31. The first kappa shape index (κ1) is 16.6. The minimum atomic E-state index is 0.199. The first-order valence-electron chi connectivity index (χ1n) is 9.65. The van der Waals surface area contributed by atoms with Crippen LogP contribution in [0.15, 0.2) is 12.4 Å². The van der Waals surface area contributed by atoms with Gasteiger partial charge in [0.1, 0.15) is 18.0 Å².